The molecule has 0 bridgehead atoms. The van der Waals surface area contributed by atoms with E-state index < -0.39 is 33.6 Å². The van der Waals surface area contributed by atoms with Gasteiger partial charge in [-0.05, 0) is 48.9 Å². The number of aromatic nitrogens is 4. The van der Waals surface area contributed by atoms with E-state index in [0.29, 0.717) is 25.3 Å². The molecule has 0 saturated heterocycles. The lowest BCUT2D eigenvalue weighted by Gasteiger charge is -2.15. The second-order valence-electron chi connectivity index (χ2n) is 8.62. The van der Waals surface area contributed by atoms with E-state index in [2.05, 4.69) is 24.6 Å². The van der Waals surface area contributed by atoms with Crippen LogP contribution in [0.2, 0.25) is 0 Å². The molecule has 4 rings (SSSR count). The Morgan fingerprint density at radius 2 is 2.03 bits per heavy atom. The van der Waals surface area contributed by atoms with Crippen molar-refractivity contribution in [2.75, 3.05) is 11.9 Å². The van der Waals surface area contributed by atoms with E-state index in [1.165, 1.54) is 29.5 Å². The zero-order valence-corrected chi connectivity index (χ0v) is 20.0. The number of nitrogens with one attached hydrogen (secondary N) is 1. The third-order valence-electron chi connectivity index (χ3n) is 5.86. The van der Waals surface area contributed by atoms with Crippen LogP contribution >= 0.6 is 0 Å². The number of hydrogen-bond donors (Lipinski definition) is 2. The highest BCUT2D eigenvalue weighted by Gasteiger charge is 2.34. The van der Waals surface area contributed by atoms with E-state index in [1.54, 1.807) is 0 Å². The molecular formula is C22H22F4N6O4S. The number of benzene rings is 1. The lowest BCUT2D eigenvalue weighted by molar-refractivity contribution is -0.140. The molecule has 2 heterocycles. The lowest BCUT2D eigenvalue weighted by Crippen LogP contribution is -2.22. The van der Waals surface area contributed by atoms with Gasteiger partial charge in [-0.25, -0.2) is 19.5 Å². The summed E-state index contributed by atoms with van der Waals surface area (Å²) in [5.74, 6) is -1.65. The summed E-state index contributed by atoms with van der Waals surface area (Å²) in [6.07, 6.45) is 1.21. The van der Waals surface area contributed by atoms with Gasteiger partial charge in [-0.3, -0.25) is 13.7 Å². The van der Waals surface area contributed by atoms with Crippen molar-refractivity contribution < 1.29 is 35.0 Å². The summed E-state index contributed by atoms with van der Waals surface area (Å²) in [5.41, 5.74) is -0.934. The van der Waals surface area contributed by atoms with Crippen LogP contribution in [0.1, 0.15) is 46.4 Å². The van der Waals surface area contributed by atoms with Crippen LogP contribution in [0.25, 0.3) is 0 Å². The van der Waals surface area contributed by atoms with E-state index in [9.17, 15) is 30.8 Å². The second-order valence-corrected chi connectivity index (χ2v) is 9.84. The van der Waals surface area contributed by atoms with Crippen LogP contribution in [0.5, 0.6) is 0 Å². The van der Waals surface area contributed by atoms with Crippen LogP contribution in [0.15, 0.2) is 43.0 Å². The topological polar surface area (TPSA) is 142 Å². The van der Waals surface area contributed by atoms with Gasteiger partial charge in [0, 0.05) is 18.4 Å². The largest absolute Gasteiger partial charge is 0.419 e. The Balaban J connectivity index is 1.43. The fourth-order valence-electron chi connectivity index (χ4n) is 4.14. The fourth-order valence-corrected chi connectivity index (χ4v) is 4.52. The molecule has 1 aliphatic carbocycles. The maximum atomic E-state index is 13.9. The second kappa shape index (κ2) is 10.5. The average molecular weight is 543 g/mol. The number of halogens is 4. The molecule has 0 amide bonds. The zero-order valence-electron chi connectivity index (χ0n) is 19.2. The number of nitrogens with two attached hydrogens (primary N) is 1. The minimum atomic E-state index is -4.80. The number of ketones is 1. The molecule has 2 atom stereocenters. The van der Waals surface area contributed by atoms with Crippen molar-refractivity contribution in [3.8, 4) is 0 Å². The number of rotatable bonds is 9. The van der Waals surface area contributed by atoms with E-state index >= 15 is 0 Å². The Hall–Kier alpha value is -3.43. The SMILES string of the molecule is NS(=O)(=O)OCC1CCC(Nc2ncncc2C(=O)c2ccn(Cc3ccc(C(F)(F)F)c(F)c3)n2)C1. The minimum Gasteiger partial charge on any atom is -0.367 e. The third-order valence-corrected chi connectivity index (χ3v) is 6.33. The van der Waals surface area contributed by atoms with Crippen molar-refractivity contribution in [1.29, 1.82) is 0 Å². The van der Waals surface area contributed by atoms with Gasteiger partial charge < -0.3 is 5.32 Å². The van der Waals surface area contributed by atoms with Crippen LogP contribution in [-0.4, -0.2) is 46.6 Å². The van der Waals surface area contributed by atoms with Gasteiger partial charge in [0.15, 0.2) is 0 Å². The molecule has 3 aromatic rings. The molecule has 37 heavy (non-hydrogen) atoms. The molecule has 10 nitrogen and oxygen atoms in total. The molecule has 0 aliphatic heterocycles. The Bertz CT molecular complexity index is 1400. The van der Waals surface area contributed by atoms with Crippen molar-refractivity contribution in [3.05, 3.63) is 71.2 Å². The van der Waals surface area contributed by atoms with Gasteiger partial charge in [-0.15, -0.1) is 0 Å². The summed E-state index contributed by atoms with van der Waals surface area (Å²) < 4.78 is 80.2. The highest BCUT2D eigenvalue weighted by Crippen LogP contribution is 2.32. The summed E-state index contributed by atoms with van der Waals surface area (Å²) in [6, 6.07) is 3.92. The van der Waals surface area contributed by atoms with Gasteiger partial charge in [0.25, 0.3) is 0 Å². The maximum absolute atomic E-state index is 13.9. The molecule has 198 valence electrons. The Morgan fingerprint density at radius 3 is 2.73 bits per heavy atom. The summed E-state index contributed by atoms with van der Waals surface area (Å²) >= 11 is 0. The average Bonchev–Trinajstić information content (AvgIpc) is 3.46. The molecule has 2 aromatic heterocycles. The maximum Gasteiger partial charge on any atom is 0.419 e. The van der Waals surface area contributed by atoms with Gasteiger partial charge in [-0.2, -0.15) is 26.7 Å². The number of carbonyl (C=O) groups is 1. The molecule has 3 N–H and O–H groups in total. The predicted octanol–water partition coefficient (Wildman–Crippen LogP) is 2.91. The molecule has 1 aromatic carbocycles. The molecule has 1 fully saturated rings. The summed E-state index contributed by atoms with van der Waals surface area (Å²) in [5, 5.41) is 12.2. The van der Waals surface area contributed by atoms with Crippen LogP contribution in [0, 0.1) is 11.7 Å². The van der Waals surface area contributed by atoms with Crippen molar-refractivity contribution in [1.82, 2.24) is 19.7 Å². The fraction of sp³-hybridized carbons (Fsp3) is 0.364. The molecule has 1 aliphatic rings. The van der Waals surface area contributed by atoms with Crippen LogP contribution in [0.3, 0.4) is 0 Å². The number of carbonyl (C=O) groups excluding carboxylic acids is 1. The van der Waals surface area contributed by atoms with E-state index in [0.717, 1.165) is 12.1 Å². The van der Waals surface area contributed by atoms with Crippen molar-refractivity contribution in [3.63, 3.8) is 0 Å². The number of hydrogen-bond acceptors (Lipinski definition) is 8. The smallest absolute Gasteiger partial charge is 0.367 e. The minimum absolute atomic E-state index is 0.0349. The highest BCUT2D eigenvalue weighted by atomic mass is 32.2. The predicted molar refractivity (Wildman–Crippen MR) is 122 cm³/mol. The Morgan fingerprint density at radius 1 is 1.24 bits per heavy atom. The van der Waals surface area contributed by atoms with E-state index in [-0.39, 0.29) is 47.8 Å². The lowest BCUT2D eigenvalue weighted by atomic mass is 10.1. The highest BCUT2D eigenvalue weighted by molar-refractivity contribution is 7.84. The summed E-state index contributed by atoms with van der Waals surface area (Å²) in [4.78, 5) is 21.2. The first-order chi connectivity index (χ1) is 17.4. The zero-order chi connectivity index (χ0) is 26.8. The summed E-state index contributed by atoms with van der Waals surface area (Å²) in [6.45, 7) is -0.0877. The first kappa shape index (κ1) is 26.6. The molecule has 15 heteroatoms. The van der Waals surface area contributed by atoms with Crippen molar-refractivity contribution >= 4 is 21.9 Å². The number of nitrogens with zero attached hydrogens (tertiary/aromatic N) is 4. The first-order valence-corrected chi connectivity index (χ1v) is 12.5. The standard InChI is InChI=1S/C22H22F4N6O4S/c23-18-8-13(2-4-17(18)22(24,25)26)10-32-6-5-19(31-32)20(33)16-9-28-12-29-21(16)30-15-3-1-14(7-15)11-36-37(27,34)35/h2,4-6,8-9,12,14-15H,1,3,7,10-11H2,(H2,27,34,35)(H,28,29,30). The van der Waals surface area contributed by atoms with Crippen LogP contribution in [-0.2, 0) is 27.2 Å². The van der Waals surface area contributed by atoms with Crippen LogP contribution < -0.4 is 10.5 Å². The normalized spacial score (nSPS) is 18.2. The molecule has 0 spiro atoms. The Labute approximate surface area is 209 Å². The monoisotopic (exact) mass is 542 g/mol. The van der Waals surface area contributed by atoms with Crippen molar-refractivity contribution in [2.45, 2.75) is 38.0 Å². The van der Waals surface area contributed by atoms with E-state index in [4.69, 9.17) is 5.14 Å². The summed E-state index contributed by atoms with van der Waals surface area (Å²) in [7, 11) is -4.02. The third kappa shape index (κ3) is 6.87. The van der Waals surface area contributed by atoms with Crippen molar-refractivity contribution in [2.24, 2.45) is 11.1 Å². The molecule has 2 unspecified atom stereocenters. The molecule has 1 saturated carbocycles. The van der Waals surface area contributed by atoms with Gasteiger partial charge >= 0.3 is 16.5 Å². The van der Waals surface area contributed by atoms with Crippen LogP contribution in [0.4, 0.5) is 23.4 Å². The van der Waals surface area contributed by atoms with Gasteiger partial charge in [0.2, 0.25) is 5.78 Å². The Kier molecular flexibility index (Phi) is 7.57. The van der Waals surface area contributed by atoms with Gasteiger partial charge in [0.05, 0.1) is 24.3 Å². The molecular weight excluding hydrogens is 520 g/mol. The first-order valence-electron chi connectivity index (χ1n) is 11.1. The van der Waals surface area contributed by atoms with Gasteiger partial charge in [-0.1, -0.05) is 6.07 Å². The quantitative estimate of drug-likeness (QED) is 0.311. The molecule has 0 radical (unpaired) electrons. The van der Waals surface area contributed by atoms with E-state index in [1.807, 2.05) is 0 Å². The van der Waals surface area contributed by atoms with Gasteiger partial charge in [0.1, 0.15) is 23.7 Å². The number of anilines is 1. The number of alkyl halides is 3.